The van der Waals surface area contributed by atoms with Crippen molar-refractivity contribution < 1.29 is 28.6 Å². The highest BCUT2D eigenvalue weighted by atomic mass is 16.6. The monoisotopic (exact) mass is 346 g/mol. The molecule has 0 amide bonds. The van der Waals surface area contributed by atoms with Crippen LogP contribution in [0.15, 0.2) is 23.0 Å². The summed E-state index contributed by atoms with van der Waals surface area (Å²) in [5.74, 6) is -0.772. The first kappa shape index (κ1) is 15.4. The van der Waals surface area contributed by atoms with Gasteiger partial charge >= 0.3 is 11.9 Å². The SMILES string of the molecule is C[C@@]12CC(c3ccoc3)OC(=O)C1CC1OC(=O)C3CC(O)CC2C13. The highest BCUT2D eigenvalue weighted by Crippen LogP contribution is 2.63. The normalized spacial score (nSPS) is 48.3. The van der Waals surface area contributed by atoms with Gasteiger partial charge in [0.15, 0.2) is 0 Å². The Labute approximate surface area is 145 Å². The van der Waals surface area contributed by atoms with E-state index in [1.165, 1.54) is 0 Å². The third kappa shape index (κ3) is 2.06. The van der Waals surface area contributed by atoms with Crippen molar-refractivity contribution in [2.24, 2.45) is 29.1 Å². The first-order valence-electron chi connectivity index (χ1n) is 9.08. The van der Waals surface area contributed by atoms with E-state index in [9.17, 15) is 14.7 Å². The van der Waals surface area contributed by atoms with Crippen molar-refractivity contribution in [1.82, 2.24) is 0 Å². The van der Waals surface area contributed by atoms with E-state index in [-0.39, 0.29) is 53.2 Å². The summed E-state index contributed by atoms with van der Waals surface area (Å²) >= 11 is 0. The van der Waals surface area contributed by atoms with Crippen LogP contribution in [0.2, 0.25) is 0 Å². The minimum Gasteiger partial charge on any atom is -0.472 e. The average molecular weight is 346 g/mol. The van der Waals surface area contributed by atoms with Crippen LogP contribution in [0, 0.1) is 29.1 Å². The third-order valence-corrected chi connectivity index (χ3v) is 7.18. The maximum absolute atomic E-state index is 12.8. The van der Waals surface area contributed by atoms with Gasteiger partial charge in [-0.2, -0.15) is 0 Å². The molecule has 0 radical (unpaired) electrons. The van der Waals surface area contributed by atoms with Gasteiger partial charge in [-0.25, -0.2) is 0 Å². The quantitative estimate of drug-likeness (QED) is 0.785. The molecule has 7 unspecified atom stereocenters. The second-order valence-corrected chi connectivity index (χ2v) is 8.37. The summed E-state index contributed by atoms with van der Waals surface area (Å²) in [4.78, 5) is 25.1. The molecular formula is C19H22O6. The Morgan fingerprint density at radius 1 is 1.16 bits per heavy atom. The fraction of sp³-hybridized carbons (Fsp3) is 0.684. The molecule has 2 aliphatic carbocycles. The van der Waals surface area contributed by atoms with Gasteiger partial charge in [-0.3, -0.25) is 9.59 Å². The Balaban J connectivity index is 1.55. The van der Waals surface area contributed by atoms with Crippen molar-refractivity contribution >= 4 is 11.9 Å². The number of hydrogen-bond acceptors (Lipinski definition) is 6. The summed E-state index contributed by atoms with van der Waals surface area (Å²) in [6.07, 6.45) is 4.45. The van der Waals surface area contributed by atoms with Crippen molar-refractivity contribution in [2.45, 2.75) is 50.9 Å². The number of rotatable bonds is 1. The number of cyclic esters (lactones) is 1. The Morgan fingerprint density at radius 3 is 2.76 bits per heavy atom. The zero-order chi connectivity index (χ0) is 17.3. The van der Waals surface area contributed by atoms with Crippen LogP contribution >= 0.6 is 0 Å². The van der Waals surface area contributed by atoms with E-state index in [4.69, 9.17) is 13.9 Å². The molecule has 6 heteroatoms. The molecule has 0 bridgehead atoms. The Bertz CT molecular complexity index is 712. The first-order valence-corrected chi connectivity index (χ1v) is 9.08. The predicted molar refractivity (Wildman–Crippen MR) is 84.0 cm³/mol. The van der Waals surface area contributed by atoms with Crippen molar-refractivity contribution in [1.29, 1.82) is 0 Å². The number of hydrogen-bond donors (Lipinski definition) is 1. The van der Waals surface area contributed by atoms with Gasteiger partial charge in [0.25, 0.3) is 0 Å². The standard InChI is InChI=1S/C19H22O6/c1-19-7-15(9-2-3-23-8-9)25-18(22)13(19)6-14-16-11(17(21)24-14)4-10(20)5-12(16)19/h2-3,8,10-16,20H,4-7H2,1H3/t10?,11?,12?,13?,14?,15?,16?,19-/m0/s1. The topological polar surface area (TPSA) is 86.0 Å². The lowest BCUT2D eigenvalue weighted by Gasteiger charge is -2.56. The second-order valence-electron chi connectivity index (χ2n) is 8.37. The Morgan fingerprint density at radius 2 is 2.00 bits per heavy atom. The van der Waals surface area contributed by atoms with Crippen LogP contribution in [0.25, 0.3) is 0 Å². The number of aliphatic hydroxyl groups is 1. The molecule has 5 rings (SSSR count). The zero-order valence-corrected chi connectivity index (χ0v) is 14.1. The van der Waals surface area contributed by atoms with E-state index in [1.54, 1.807) is 12.5 Å². The van der Waals surface area contributed by atoms with Crippen LogP contribution in [0.4, 0.5) is 0 Å². The molecule has 4 aliphatic rings. The average Bonchev–Trinajstić information content (AvgIpc) is 3.19. The molecule has 2 saturated carbocycles. The van der Waals surface area contributed by atoms with Gasteiger partial charge in [0.1, 0.15) is 12.2 Å². The third-order valence-electron chi connectivity index (χ3n) is 7.18. The molecule has 1 aromatic heterocycles. The van der Waals surface area contributed by atoms with E-state index in [1.807, 2.05) is 6.07 Å². The smallest absolute Gasteiger partial charge is 0.310 e. The largest absolute Gasteiger partial charge is 0.472 e. The van der Waals surface area contributed by atoms with Crippen LogP contribution in [0.5, 0.6) is 0 Å². The molecule has 25 heavy (non-hydrogen) atoms. The van der Waals surface area contributed by atoms with Crippen LogP contribution in [-0.2, 0) is 19.1 Å². The predicted octanol–water partition coefficient (Wildman–Crippen LogP) is 2.22. The summed E-state index contributed by atoms with van der Waals surface area (Å²) in [5, 5.41) is 10.4. The number of aliphatic hydroxyl groups excluding tert-OH is 1. The lowest BCUT2D eigenvalue weighted by molar-refractivity contribution is -0.198. The minimum atomic E-state index is -0.515. The van der Waals surface area contributed by atoms with E-state index >= 15 is 0 Å². The molecule has 1 N–H and O–H groups in total. The molecule has 2 saturated heterocycles. The molecule has 3 heterocycles. The molecular weight excluding hydrogens is 324 g/mol. The molecule has 2 aliphatic heterocycles. The van der Waals surface area contributed by atoms with Gasteiger partial charge in [-0.05, 0) is 43.1 Å². The summed E-state index contributed by atoms with van der Waals surface area (Å²) in [6.45, 7) is 2.13. The molecule has 0 aromatic carbocycles. The lowest BCUT2D eigenvalue weighted by atomic mass is 9.49. The van der Waals surface area contributed by atoms with Crippen LogP contribution < -0.4 is 0 Å². The van der Waals surface area contributed by atoms with E-state index in [2.05, 4.69) is 6.92 Å². The van der Waals surface area contributed by atoms with E-state index < -0.39 is 6.10 Å². The fourth-order valence-electron chi connectivity index (χ4n) is 6.00. The van der Waals surface area contributed by atoms with Crippen molar-refractivity contribution in [3.05, 3.63) is 24.2 Å². The second kappa shape index (κ2) is 5.10. The number of carbonyl (C=O) groups excluding carboxylic acids is 2. The summed E-state index contributed by atoms with van der Waals surface area (Å²) < 4.78 is 16.5. The Hall–Kier alpha value is -1.82. The minimum absolute atomic E-state index is 0.0821. The van der Waals surface area contributed by atoms with Crippen LogP contribution in [0.3, 0.4) is 0 Å². The summed E-state index contributed by atoms with van der Waals surface area (Å²) in [5.41, 5.74) is 0.549. The number of esters is 2. The van der Waals surface area contributed by atoms with Gasteiger partial charge in [-0.1, -0.05) is 6.92 Å². The number of ether oxygens (including phenoxy) is 2. The lowest BCUT2D eigenvalue weighted by Crippen LogP contribution is -2.57. The van der Waals surface area contributed by atoms with Gasteiger partial charge in [0.05, 0.1) is 30.5 Å². The van der Waals surface area contributed by atoms with Gasteiger partial charge in [-0.15, -0.1) is 0 Å². The summed E-state index contributed by atoms with van der Waals surface area (Å²) in [6, 6.07) is 1.83. The number of carbonyl (C=O) groups is 2. The van der Waals surface area contributed by atoms with Gasteiger partial charge in [0.2, 0.25) is 0 Å². The van der Waals surface area contributed by atoms with Gasteiger partial charge in [0, 0.05) is 11.5 Å². The van der Waals surface area contributed by atoms with E-state index in [0.717, 1.165) is 5.56 Å². The van der Waals surface area contributed by atoms with Crippen molar-refractivity contribution in [3.8, 4) is 0 Å². The molecule has 0 spiro atoms. The Kier molecular flexibility index (Phi) is 3.15. The maximum atomic E-state index is 12.8. The molecule has 6 nitrogen and oxygen atoms in total. The molecule has 1 aromatic rings. The number of furan rings is 1. The van der Waals surface area contributed by atoms with Crippen LogP contribution in [0.1, 0.15) is 44.3 Å². The summed E-state index contributed by atoms with van der Waals surface area (Å²) in [7, 11) is 0. The molecule has 134 valence electrons. The fourth-order valence-corrected chi connectivity index (χ4v) is 6.00. The zero-order valence-electron chi connectivity index (χ0n) is 14.1. The van der Waals surface area contributed by atoms with Gasteiger partial charge < -0.3 is 19.0 Å². The molecule has 4 fully saturated rings. The molecule has 8 atom stereocenters. The van der Waals surface area contributed by atoms with Crippen LogP contribution in [-0.4, -0.2) is 29.3 Å². The van der Waals surface area contributed by atoms with Crippen molar-refractivity contribution in [2.75, 3.05) is 0 Å². The highest BCUT2D eigenvalue weighted by molar-refractivity contribution is 5.78. The maximum Gasteiger partial charge on any atom is 0.310 e. The number of fused-ring (bicyclic) bond motifs is 2. The first-order chi connectivity index (χ1) is 12.0. The highest BCUT2D eigenvalue weighted by Gasteiger charge is 2.65. The van der Waals surface area contributed by atoms with E-state index in [0.29, 0.717) is 25.7 Å². The van der Waals surface area contributed by atoms with Crippen molar-refractivity contribution in [3.63, 3.8) is 0 Å².